The third-order valence-electron chi connectivity index (χ3n) is 3.29. The molecule has 2 rings (SSSR count). The molecule has 0 radical (unpaired) electrons. The fourth-order valence-corrected chi connectivity index (χ4v) is 2.54. The van der Waals surface area contributed by atoms with E-state index >= 15 is 0 Å². The Morgan fingerprint density at radius 1 is 1.30 bits per heavy atom. The number of nitrogens with one attached hydrogen (secondary N) is 2. The van der Waals surface area contributed by atoms with Crippen molar-refractivity contribution in [2.75, 3.05) is 26.0 Å². The maximum absolute atomic E-state index is 13.2. The third-order valence-corrected chi connectivity index (χ3v) is 3.59. The highest BCUT2D eigenvalue weighted by Crippen LogP contribution is 2.26. The predicted octanol–water partition coefficient (Wildman–Crippen LogP) is 2.14. The lowest BCUT2D eigenvalue weighted by atomic mass is 10.2. The molecule has 1 unspecified atom stereocenters. The van der Waals surface area contributed by atoms with E-state index in [1.54, 1.807) is 24.3 Å². The molecule has 0 saturated heterocycles. The first kappa shape index (κ1) is 17.2. The van der Waals surface area contributed by atoms with Gasteiger partial charge < -0.3 is 15.0 Å². The molecule has 1 amide bonds. The smallest absolute Gasteiger partial charge is 0.279 e. The van der Waals surface area contributed by atoms with Gasteiger partial charge in [0, 0.05) is 11.3 Å². The average molecular weight is 338 g/mol. The number of ether oxygens (including phenoxy) is 1. The second-order valence-corrected chi connectivity index (χ2v) is 5.75. The lowest BCUT2D eigenvalue weighted by molar-refractivity contribution is -0.885. The van der Waals surface area contributed by atoms with Crippen LogP contribution in [0.4, 0.5) is 10.1 Å². The highest BCUT2D eigenvalue weighted by molar-refractivity contribution is 6.32. The minimum atomic E-state index is -0.271. The number of rotatable bonds is 6. The minimum absolute atomic E-state index is 0.139. The fourth-order valence-electron chi connectivity index (χ4n) is 2.28. The number of methoxy groups -OCH3 is 1. The van der Waals surface area contributed by atoms with E-state index in [0.717, 1.165) is 10.5 Å². The molecule has 6 heteroatoms. The summed E-state index contributed by atoms with van der Waals surface area (Å²) in [5.74, 6) is 0.145. The number of anilines is 1. The summed E-state index contributed by atoms with van der Waals surface area (Å²) in [5.41, 5.74) is 1.46. The SMILES string of the molecule is COc1ccc(NC(=O)C[NH+](C)Cc2cccc(F)c2)cc1Cl. The van der Waals surface area contributed by atoms with Gasteiger partial charge >= 0.3 is 0 Å². The van der Waals surface area contributed by atoms with Gasteiger partial charge in [0.2, 0.25) is 0 Å². The Kier molecular flexibility index (Phi) is 5.96. The number of amides is 1. The van der Waals surface area contributed by atoms with Crippen LogP contribution in [0.25, 0.3) is 0 Å². The minimum Gasteiger partial charge on any atom is -0.495 e. The summed E-state index contributed by atoms with van der Waals surface area (Å²) in [4.78, 5) is 13.0. The summed E-state index contributed by atoms with van der Waals surface area (Å²) in [7, 11) is 3.41. The highest BCUT2D eigenvalue weighted by Gasteiger charge is 2.12. The molecule has 0 spiro atoms. The van der Waals surface area contributed by atoms with E-state index < -0.39 is 0 Å². The van der Waals surface area contributed by atoms with E-state index in [0.29, 0.717) is 23.0 Å². The fraction of sp³-hybridized carbons (Fsp3) is 0.235. The number of halogens is 2. The molecule has 0 heterocycles. The molecule has 122 valence electrons. The van der Waals surface area contributed by atoms with Crippen molar-refractivity contribution in [1.82, 2.24) is 0 Å². The predicted molar refractivity (Wildman–Crippen MR) is 88.5 cm³/mol. The van der Waals surface area contributed by atoms with Crippen LogP contribution in [0.5, 0.6) is 5.75 Å². The molecule has 0 fully saturated rings. The zero-order chi connectivity index (χ0) is 16.8. The first-order valence-electron chi connectivity index (χ1n) is 7.17. The molecule has 0 aliphatic carbocycles. The lowest BCUT2D eigenvalue weighted by Crippen LogP contribution is -3.08. The topological polar surface area (TPSA) is 42.8 Å². The van der Waals surface area contributed by atoms with Crippen LogP contribution in [0, 0.1) is 5.82 Å². The second kappa shape index (κ2) is 7.94. The standard InChI is InChI=1S/C17H18ClFN2O2/c1-21(10-12-4-3-5-13(19)8-12)11-17(22)20-14-6-7-16(23-2)15(18)9-14/h3-9H,10-11H2,1-2H3,(H,20,22)/p+1. The molecular weight excluding hydrogens is 319 g/mol. The third kappa shape index (κ3) is 5.23. The summed E-state index contributed by atoms with van der Waals surface area (Å²) in [5, 5.41) is 3.22. The van der Waals surface area contributed by atoms with E-state index in [9.17, 15) is 9.18 Å². The van der Waals surface area contributed by atoms with E-state index in [4.69, 9.17) is 16.3 Å². The van der Waals surface area contributed by atoms with Crippen molar-refractivity contribution < 1.29 is 18.8 Å². The first-order chi connectivity index (χ1) is 11.0. The number of likely N-dealkylation sites (N-methyl/N-ethyl adjacent to an activating group) is 1. The van der Waals surface area contributed by atoms with Crippen LogP contribution < -0.4 is 15.0 Å². The monoisotopic (exact) mass is 337 g/mol. The van der Waals surface area contributed by atoms with Crippen molar-refractivity contribution in [2.24, 2.45) is 0 Å². The van der Waals surface area contributed by atoms with Gasteiger partial charge in [-0.3, -0.25) is 4.79 Å². The number of carbonyl (C=O) groups excluding carboxylic acids is 1. The van der Waals surface area contributed by atoms with Crippen molar-refractivity contribution >= 4 is 23.2 Å². The number of quaternary nitrogens is 1. The van der Waals surface area contributed by atoms with Crippen LogP contribution in [0.1, 0.15) is 5.56 Å². The van der Waals surface area contributed by atoms with E-state index in [-0.39, 0.29) is 18.3 Å². The Labute approximate surface area is 139 Å². The normalized spacial score (nSPS) is 11.8. The number of benzene rings is 2. The molecular formula is C17H19ClFN2O2+. The van der Waals surface area contributed by atoms with Gasteiger partial charge in [-0.25, -0.2) is 4.39 Å². The van der Waals surface area contributed by atoms with Crippen molar-refractivity contribution in [3.05, 3.63) is 58.9 Å². The van der Waals surface area contributed by atoms with Gasteiger partial charge in [-0.15, -0.1) is 0 Å². The summed E-state index contributed by atoms with van der Waals surface area (Å²) < 4.78 is 18.2. The molecule has 23 heavy (non-hydrogen) atoms. The molecule has 1 atom stereocenters. The molecule has 0 aliphatic rings. The largest absolute Gasteiger partial charge is 0.495 e. The molecule has 2 aromatic rings. The Bertz CT molecular complexity index is 694. The zero-order valence-corrected chi connectivity index (χ0v) is 13.8. The van der Waals surface area contributed by atoms with E-state index in [1.165, 1.54) is 19.2 Å². The van der Waals surface area contributed by atoms with Crippen molar-refractivity contribution in [3.8, 4) is 5.75 Å². The van der Waals surface area contributed by atoms with Gasteiger partial charge in [0.1, 0.15) is 18.1 Å². The van der Waals surface area contributed by atoms with Crippen LogP contribution in [0.2, 0.25) is 5.02 Å². The molecule has 0 aromatic heterocycles. The van der Waals surface area contributed by atoms with Crippen LogP contribution in [-0.4, -0.2) is 26.6 Å². The average Bonchev–Trinajstić information content (AvgIpc) is 2.47. The summed E-state index contributed by atoms with van der Waals surface area (Å²) in [6.07, 6.45) is 0. The van der Waals surface area contributed by atoms with Gasteiger partial charge in [-0.05, 0) is 30.3 Å². The molecule has 0 bridgehead atoms. The molecule has 0 aliphatic heterocycles. The van der Waals surface area contributed by atoms with Crippen LogP contribution in [0.3, 0.4) is 0 Å². The Hall–Kier alpha value is -2.11. The Morgan fingerprint density at radius 2 is 2.09 bits per heavy atom. The quantitative estimate of drug-likeness (QED) is 0.848. The van der Waals surface area contributed by atoms with Crippen LogP contribution in [-0.2, 0) is 11.3 Å². The lowest BCUT2D eigenvalue weighted by Gasteiger charge is -2.14. The maximum atomic E-state index is 13.2. The van der Waals surface area contributed by atoms with Gasteiger partial charge in [-0.1, -0.05) is 23.7 Å². The van der Waals surface area contributed by atoms with Gasteiger partial charge in [0.25, 0.3) is 5.91 Å². The van der Waals surface area contributed by atoms with Crippen LogP contribution >= 0.6 is 11.6 Å². The van der Waals surface area contributed by atoms with Crippen LogP contribution in [0.15, 0.2) is 42.5 Å². The molecule has 2 N–H and O–H groups in total. The summed E-state index contributed by atoms with van der Waals surface area (Å²) in [6.45, 7) is 0.828. The molecule has 0 saturated carbocycles. The number of carbonyl (C=O) groups is 1. The Balaban J connectivity index is 1.90. The van der Waals surface area contributed by atoms with E-state index in [2.05, 4.69) is 5.32 Å². The highest BCUT2D eigenvalue weighted by atomic mass is 35.5. The maximum Gasteiger partial charge on any atom is 0.279 e. The zero-order valence-electron chi connectivity index (χ0n) is 13.0. The van der Waals surface area contributed by atoms with Gasteiger partial charge in [-0.2, -0.15) is 0 Å². The summed E-state index contributed by atoms with van der Waals surface area (Å²) in [6, 6.07) is 11.4. The molecule has 2 aromatic carbocycles. The van der Waals surface area contributed by atoms with Crippen molar-refractivity contribution in [3.63, 3.8) is 0 Å². The van der Waals surface area contributed by atoms with E-state index in [1.807, 2.05) is 13.1 Å². The number of hydrogen-bond donors (Lipinski definition) is 2. The van der Waals surface area contributed by atoms with Gasteiger partial charge in [0.05, 0.1) is 19.2 Å². The van der Waals surface area contributed by atoms with Crippen molar-refractivity contribution in [2.45, 2.75) is 6.54 Å². The number of hydrogen-bond acceptors (Lipinski definition) is 2. The van der Waals surface area contributed by atoms with Gasteiger partial charge in [0.15, 0.2) is 6.54 Å². The van der Waals surface area contributed by atoms with Crippen molar-refractivity contribution in [1.29, 1.82) is 0 Å². The second-order valence-electron chi connectivity index (χ2n) is 5.34. The molecule has 4 nitrogen and oxygen atoms in total. The first-order valence-corrected chi connectivity index (χ1v) is 7.55. The summed E-state index contributed by atoms with van der Waals surface area (Å²) >= 11 is 6.02. The Morgan fingerprint density at radius 3 is 2.74 bits per heavy atom.